The van der Waals surface area contributed by atoms with Gasteiger partial charge < -0.3 is 14.4 Å². The number of furan rings is 1. The fraction of sp³-hybridized carbons (Fsp3) is 0.214. The summed E-state index contributed by atoms with van der Waals surface area (Å²) < 4.78 is 5.19. The molecule has 0 aliphatic rings. The summed E-state index contributed by atoms with van der Waals surface area (Å²) in [6.45, 7) is 2.14. The first-order valence-corrected chi connectivity index (χ1v) is 5.66. The Kier molecular flexibility index (Phi) is 3.37. The van der Waals surface area contributed by atoms with E-state index in [1.807, 2.05) is 0 Å². The van der Waals surface area contributed by atoms with Gasteiger partial charge in [0.2, 0.25) is 0 Å². The van der Waals surface area contributed by atoms with Crippen molar-refractivity contribution in [1.29, 1.82) is 0 Å². The Labute approximate surface area is 105 Å². The Balaban J connectivity index is 2.18. The first-order valence-electron chi connectivity index (χ1n) is 5.66. The number of hydrogen-bond acceptors (Lipinski definition) is 3. The SMILES string of the molecule is Cc1cccc(C(=O)N(C)Cc2ccco2)c1O. The van der Waals surface area contributed by atoms with Crippen molar-refractivity contribution < 1.29 is 14.3 Å². The van der Waals surface area contributed by atoms with Crippen molar-refractivity contribution in [3.63, 3.8) is 0 Å². The number of aryl methyl sites for hydroxylation is 1. The van der Waals surface area contributed by atoms with Crippen LogP contribution in [0.3, 0.4) is 0 Å². The topological polar surface area (TPSA) is 53.7 Å². The number of nitrogens with zero attached hydrogens (tertiary/aromatic N) is 1. The van der Waals surface area contributed by atoms with Crippen molar-refractivity contribution in [3.8, 4) is 5.75 Å². The van der Waals surface area contributed by atoms with Gasteiger partial charge in [0.1, 0.15) is 11.5 Å². The van der Waals surface area contributed by atoms with E-state index in [0.29, 0.717) is 23.4 Å². The summed E-state index contributed by atoms with van der Waals surface area (Å²) in [5.41, 5.74) is 0.997. The molecule has 0 aliphatic carbocycles. The van der Waals surface area contributed by atoms with Crippen molar-refractivity contribution in [2.75, 3.05) is 7.05 Å². The zero-order chi connectivity index (χ0) is 13.1. The van der Waals surface area contributed by atoms with E-state index < -0.39 is 0 Å². The minimum Gasteiger partial charge on any atom is -0.507 e. The van der Waals surface area contributed by atoms with Gasteiger partial charge in [0.05, 0.1) is 18.4 Å². The number of carbonyl (C=O) groups is 1. The van der Waals surface area contributed by atoms with Crippen LogP contribution in [0.25, 0.3) is 0 Å². The van der Waals surface area contributed by atoms with Crippen LogP contribution in [0.15, 0.2) is 41.0 Å². The molecular weight excluding hydrogens is 230 g/mol. The van der Waals surface area contributed by atoms with E-state index in [1.54, 1.807) is 50.6 Å². The molecule has 2 rings (SSSR count). The standard InChI is InChI=1S/C14H15NO3/c1-10-5-3-7-12(13(10)16)14(17)15(2)9-11-6-4-8-18-11/h3-8,16H,9H2,1-2H3. The minimum atomic E-state index is -0.229. The van der Waals surface area contributed by atoms with Gasteiger partial charge in [-0.15, -0.1) is 0 Å². The van der Waals surface area contributed by atoms with Gasteiger partial charge in [-0.3, -0.25) is 4.79 Å². The summed E-state index contributed by atoms with van der Waals surface area (Å²) in [5.74, 6) is 0.513. The predicted octanol–water partition coefficient (Wildman–Crippen LogP) is 2.57. The van der Waals surface area contributed by atoms with Crippen molar-refractivity contribution in [2.24, 2.45) is 0 Å². The van der Waals surface area contributed by atoms with Crippen LogP contribution in [-0.2, 0) is 6.54 Å². The van der Waals surface area contributed by atoms with Gasteiger partial charge in [-0.05, 0) is 30.7 Å². The molecule has 0 atom stereocenters. The first kappa shape index (κ1) is 12.2. The van der Waals surface area contributed by atoms with Crippen LogP contribution in [0.5, 0.6) is 5.75 Å². The molecule has 0 saturated carbocycles. The van der Waals surface area contributed by atoms with E-state index in [9.17, 15) is 9.90 Å². The monoisotopic (exact) mass is 245 g/mol. The van der Waals surface area contributed by atoms with E-state index in [4.69, 9.17) is 4.42 Å². The number of phenols is 1. The molecule has 0 fully saturated rings. The maximum atomic E-state index is 12.2. The number of amides is 1. The summed E-state index contributed by atoms with van der Waals surface area (Å²) in [4.78, 5) is 13.7. The lowest BCUT2D eigenvalue weighted by molar-refractivity contribution is 0.0772. The maximum Gasteiger partial charge on any atom is 0.257 e. The van der Waals surface area contributed by atoms with Crippen LogP contribution in [0.2, 0.25) is 0 Å². The summed E-state index contributed by atoms with van der Waals surface area (Å²) in [7, 11) is 1.67. The van der Waals surface area contributed by atoms with Gasteiger partial charge in [0.15, 0.2) is 0 Å². The molecule has 1 aromatic carbocycles. The summed E-state index contributed by atoms with van der Waals surface area (Å²) in [6.07, 6.45) is 1.57. The van der Waals surface area contributed by atoms with E-state index in [1.165, 1.54) is 4.90 Å². The molecule has 1 N–H and O–H groups in total. The Hall–Kier alpha value is -2.23. The lowest BCUT2D eigenvalue weighted by Gasteiger charge is -2.17. The van der Waals surface area contributed by atoms with Gasteiger partial charge in [0, 0.05) is 7.05 Å². The Bertz CT molecular complexity index is 546. The van der Waals surface area contributed by atoms with E-state index >= 15 is 0 Å². The van der Waals surface area contributed by atoms with Crippen molar-refractivity contribution in [3.05, 3.63) is 53.5 Å². The predicted molar refractivity (Wildman–Crippen MR) is 67.3 cm³/mol. The molecule has 0 bridgehead atoms. The third kappa shape index (κ3) is 2.37. The number of carbonyl (C=O) groups excluding carboxylic acids is 1. The van der Waals surface area contributed by atoms with Gasteiger partial charge in [0.25, 0.3) is 5.91 Å². The molecule has 4 nitrogen and oxygen atoms in total. The van der Waals surface area contributed by atoms with Crippen LogP contribution in [0.1, 0.15) is 21.7 Å². The number of phenolic OH excluding ortho intramolecular Hbond substituents is 1. The van der Waals surface area contributed by atoms with Crippen molar-refractivity contribution >= 4 is 5.91 Å². The lowest BCUT2D eigenvalue weighted by Crippen LogP contribution is -2.26. The second kappa shape index (κ2) is 4.96. The average molecular weight is 245 g/mol. The van der Waals surface area contributed by atoms with Gasteiger partial charge >= 0.3 is 0 Å². The number of hydrogen-bond donors (Lipinski definition) is 1. The Morgan fingerprint density at radius 2 is 2.11 bits per heavy atom. The zero-order valence-corrected chi connectivity index (χ0v) is 10.4. The number of aromatic hydroxyl groups is 1. The minimum absolute atomic E-state index is 0.0359. The van der Waals surface area contributed by atoms with E-state index in [-0.39, 0.29) is 11.7 Å². The second-order valence-corrected chi connectivity index (χ2v) is 4.21. The van der Waals surface area contributed by atoms with Gasteiger partial charge in [-0.25, -0.2) is 0 Å². The van der Waals surface area contributed by atoms with Crippen LogP contribution in [0, 0.1) is 6.92 Å². The number of para-hydroxylation sites is 1. The van der Waals surface area contributed by atoms with Crippen LogP contribution < -0.4 is 0 Å². The van der Waals surface area contributed by atoms with Crippen molar-refractivity contribution in [1.82, 2.24) is 4.90 Å². The fourth-order valence-corrected chi connectivity index (χ4v) is 1.75. The number of benzene rings is 1. The van der Waals surface area contributed by atoms with Crippen LogP contribution >= 0.6 is 0 Å². The third-order valence-corrected chi connectivity index (χ3v) is 2.79. The van der Waals surface area contributed by atoms with Gasteiger partial charge in [-0.2, -0.15) is 0 Å². The highest BCUT2D eigenvalue weighted by molar-refractivity contribution is 5.97. The van der Waals surface area contributed by atoms with Gasteiger partial charge in [-0.1, -0.05) is 12.1 Å². The molecular formula is C14H15NO3. The second-order valence-electron chi connectivity index (χ2n) is 4.21. The first-order chi connectivity index (χ1) is 8.59. The molecule has 0 radical (unpaired) electrons. The average Bonchev–Trinajstić information content (AvgIpc) is 2.84. The highest BCUT2D eigenvalue weighted by Crippen LogP contribution is 2.23. The molecule has 0 saturated heterocycles. The van der Waals surface area contributed by atoms with E-state index in [2.05, 4.69) is 0 Å². The normalized spacial score (nSPS) is 10.3. The zero-order valence-electron chi connectivity index (χ0n) is 10.4. The molecule has 18 heavy (non-hydrogen) atoms. The maximum absolute atomic E-state index is 12.2. The molecule has 94 valence electrons. The molecule has 1 aromatic heterocycles. The van der Waals surface area contributed by atoms with E-state index in [0.717, 1.165) is 0 Å². The highest BCUT2D eigenvalue weighted by Gasteiger charge is 2.17. The Morgan fingerprint density at radius 3 is 2.78 bits per heavy atom. The summed E-state index contributed by atoms with van der Waals surface area (Å²) >= 11 is 0. The fourth-order valence-electron chi connectivity index (χ4n) is 1.75. The molecule has 0 aliphatic heterocycles. The smallest absolute Gasteiger partial charge is 0.257 e. The van der Waals surface area contributed by atoms with Crippen molar-refractivity contribution in [2.45, 2.75) is 13.5 Å². The lowest BCUT2D eigenvalue weighted by atomic mass is 10.1. The quantitative estimate of drug-likeness (QED) is 0.904. The molecule has 0 spiro atoms. The third-order valence-electron chi connectivity index (χ3n) is 2.79. The molecule has 0 unspecified atom stereocenters. The van der Waals surface area contributed by atoms with Crippen LogP contribution in [0.4, 0.5) is 0 Å². The Morgan fingerprint density at radius 1 is 1.33 bits per heavy atom. The summed E-state index contributed by atoms with van der Waals surface area (Å²) in [5, 5.41) is 9.87. The summed E-state index contributed by atoms with van der Waals surface area (Å²) in [6, 6.07) is 8.71. The molecule has 4 heteroatoms. The molecule has 1 amide bonds. The molecule has 2 aromatic rings. The number of rotatable bonds is 3. The molecule has 1 heterocycles. The highest BCUT2D eigenvalue weighted by atomic mass is 16.3. The van der Waals surface area contributed by atoms with Crippen LogP contribution in [-0.4, -0.2) is 23.0 Å². The largest absolute Gasteiger partial charge is 0.507 e.